The van der Waals surface area contributed by atoms with E-state index in [0.717, 1.165) is 38.0 Å². The van der Waals surface area contributed by atoms with Crippen LogP contribution in [0.5, 0.6) is 0 Å². The molecule has 1 aromatic rings. The Morgan fingerprint density at radius 2 is 1.37 bits per heavy atom. The van der Waals surface area contributed by atoms with Gasteiger partial charge in [-0.1, -0.05) is 12.1 Å². The average Bonchev–Trinajstić information content (AvgIpc) is 3.21. The van der Waals surface area contributed by atoms with Crippen LogP contribution in [-0.4, -0.2) is 72.3 Å². The molecule has 0 bridgehead atoms. The van der Waals surface area contributed by atoms with Crippen LogP contribution in [0.3, 0.4) is 0 Å². The van der Waals surface area contributed by atoms with Crippen molar-refractivity contribution in [3.63, 3.8) is 0 Å². The van der Waals surface area contributed by atoms with Gasteiger partial charge >= 0.3 is 0 Å². The number of hydrogen-bond donors (Lipinski definition) is 0. The zero-order chi connectivity index (χ0) is 19.1. The van der Waals surface area contributed by atoms with Gasteiger partial charge in [0.1, 0.15) is 5.82 Å². The summed E-state index contributed by atoms with van der Waals surface area (Å²) in [5.41, 5.74) is 1.05. The second-order valence-corrected chi connectivity index (χ2v) is 7.54. The van der Waals surface area contributed by atoms with Crippen molar-refractivity contribution >= 4 is 11.8 Å². The molecular weight excluding hydrogens is 345 g/mol. The van der Waals surface area contributed by atoms with Gasteiger partial charge in [0.25, 0.3) is 0 Å². The summed E-state index contributed by atoms with van der Waals surface area (Å²) >= 11 is 0. The average molecular weight is 375 g/mol. The van der Waals surface area contributed by atoms with E-state index in [4.69, 9.17) is 0 Å². The third-order valence-corrected chi connectivity index (χ3v) is 5.60. The molecule has 0 atom stereocenters. The number of carbonyl (C=O) groups is 2. The first-order chi connectivity index (χ1) is 13.1. The first-order valence-corrected chi connectivity index (χ1v) is 10.1. The molecule has 2 aliphatic rings. The molecular formula is C21H30FN3O2. The molecule has 2 amide bonds. The number of hydrogen-bond acceptors (Lipinski definition) is 3. The molecule has 2 aliphatic heterocycles. The Labute approximate surface area is 161 Å². The summed E-state index contributed by atoms with van der Waals surface area (Å²) in [6.07, 6.45) is 5.12. The molecule has 0 spiro atoms. The maximum Gasteiger partial charge on any atom is 0.223 e. The molecule has 6 heteroatoms. The van der Waals surface area contributed by atoms with Gasteiger partial charge in [-0.3, -0.25) is 9.59 Å². The quantitative estimate of drug-likeness (QED) is 0.735. The molecule has 3 rings (SSSR count). The third kappa shape index (κ3) is 6.03. The van der Waals surface area contributed by atoms with E-state index < -0.39 is 0 Å². The second-order valence-electron chi connectivity index (χ2n) is 7.54. The van der Waals surface area contributed by atoms with E-state index in [1.807, 2.05) is 9.80 Å². The molecule has 2 saturated heterocycles. The zero-order valence-electron chi connectivity index (χ0n) is 16.0. The SMILES string of the molecule is O=C(CCCc1ccc(F)cc1)N1CCN(C(=O)CCN2CCCC2)CC1. The molecule has 0 aliphatic carbocycles. The van der Waals surface area contributed by atoms with E-state index in [9.17, 15) is 14.0 Å². The maximum absolute atomic E-state index is 12.9. The van der Waals surface area contributed by atoms with Crippen LogP contribution >= 0.6 is 0 Å². The number of benzene rings is 1. The number of halogens is 1. The van der Waals surface area contributed by atoms with Crippen molar-refractivity contribution in [1.29, 1.82) is 0 Å². The summed E-state index contributed by atoms with van der Waals surface area (Å²) in [6, 6.07) is 6.45. The van der Waals surface area contributed by atoms with E-state index >= 15 is 0 Å². The molecule has 0 radical (unpaired) electrons. The Morgan fingerprint density at radius 3 is 1.96 bits per heavy atom. The molecule has 0 saturated carbocycles. The van der Waals surface area contributed by atoms with Gasteiger partial charge < -0.3 is 14.7 Å². The Balaban J connectivity index is 1.32. The van der Waals surface area contributed by atoms with Gasteiger partial charge in [-0.15, -0.1) is 0 Å². The summed E-state index contributed by atoms with van der Waals surface area (Å²) in [5, 5.41) is 0. The van der Waals surface area contributed by atoms with Crippen molar-refractivity contribution in [3.8, 4) is 0 Å². The lowest BCUT2D eigenvalue weighted by molar-refractivity contribution is -0.139. The number of aryl methyl sites for hydroxylation is 1. The predicted molar refractivity (Wildman–Crippen MR) is 103 cm³/mol. The molecule has 2 fully saturated rings. The lowest BCUT2D eigenvalue weighted by Gasteiger charge is -2.35. The van der Waals surface area contributed by atoms with Crippen molar-refractivity contribution < 1.29 is 14.0 Å². The predicted octanol–water partition coefficient (Wildman–Crippen LogP) is 2.31. The summed E-state index contributed by atoms with van der Waals surface area (Å²) in [5.74, 6) is 0.134. The van der Waals surface area contributed by atoms with Gasteiger partial charge in [-0.05, 0) is 56.5 Å². The van der Waals surface area contributed by atoms with Gasteiger partial charge in [-0.25, -0.2) is 4.39 Å². The third-order valence-electron chi connectivity index (χ3n) is 5.60. The summed E-state index contributed by atoms with van der Waals surface area (Å²) in [4.78, 5) is 30.9. The van der Waals surface area contributed by atoms with E-state index in [1.165, 1.54) is 25.0 Å². The number of likely N-dealkylation sites (tertiary alicyclic amines) is 1. The highest BCUT2D eigenvalue weighted by atomic mass is 19.1. The molecule has 2 heterocycles. The standard InChI is InChI=1S/C21H30FN3O2/c22-19-8-6-18(7-9-19)4-3-5-20(26)24-14-16-25(17-15-24)21(27)10-13-23-11-1-2-12-23/h6-9H,1-5,10-17H2. The smallest absolute Gasteiger partial charge is 0.223 e. The van der Waals surface area contributed by atoms with E-state index in [1.54, 1.807) is 12.1 Å². The highest BCUT2D eigenvalue weighted by Gasteiger charge is 2.24. The largest absolute Gasteiger partial charge is 0.339 e. The molecule has 27 heavy (non-hydrogen) atoms. The fraction of sp³-hybridized carbons (Fsp3) is 0.619. The normalized spacial score (nSPS) is 18.1. The topological polar surface area (TPSA) is 43.9 Å². The van der Waals surface area contributed by atoms with Gasteiger partial charge in [0.05, 0.1) is 0 Å². The van der Waals surface area contributed by atoms with E-state index in [0.29, 0.717) is 39.0 Å². The number of nitrogens with zero attached hydrogens (tertiary/aromatic N) is 3. The van der Waals surface area contributed by atoms with Crippen molar-refractivity contribution in [2.75, 3.05) is 45.8 Å². The van der Waals surface area contributed by atoms with Crippen LogP contribution in [0.25, 0.3) is 0 Å². The Kier molecular flexibility index (Phi) is 7.21. The first kappa shape index (κ1) is 19.8. The van der Waals surface area contributed by atoms with Crippen molar-refractivity contribution in [2.45, 2.75) is 38.5 Å². The molecule has 148 valence electrons. The highest BCUT2D eigenvalue weighted by molar-refractivity contribution is 5.78. The monoisotopic (exact) mass is 375 g/mol. The number of carbonyl (C=O) groups excluding carboxylic acids is 2. The minimum absolute atomic E-state index is 0.154. The lowest BCUT2D eigenvalue weighted by atomic mass is 10.1. The van der Waals surface area contributed by atoms with Crippen molar-refractivity contribution in [2.24, 2.45) is 0 Å². The van der Waals surface area contributed by atoms with Crippen LogP contribution in [0.4, 0.5) is 4.39 Å². The Bertz CT molecular complexity index is 621. The van der Waals surface area contributed by atoms with Gasteiger partial charge in [0, 0.05) is 45.6 Å². The number of piperazine rings is 1. The van der Waals surface area contributed by atoms with Crippen molar-refractivity contribution in [3.05, 3.63) is 35.6 Å². The second kappa shape index (κ2) is 9.83. The fourth-order valence-corrected chi connectivity index (χ4v) is 3.88. The molecule has 0 unspecified atom stereocenters. The van der Waals surface area contributed by atoms with Crippen LogP contribution < -0.4 is 0 Å². The summed E-state index contributed by atoms with van der Waals surface area (Å²) < 4.78 is 12.9. The number of rotatable bonds is 7. The first-order valence-electron chi connectivity index (χ1n) is 10.1. The summed E-state index contributed by atoms with van der Waals surface area (Å²) in [6.45, 7) is 5.64. The molecule has 5 nitrogen and oxygen atoms in total. The van der Waals surface area contributed by atoms with Crippen LogP contribution in [0, 0.1) is 5.82 Å². The zero-order valence-corrected chi connectivity index (χ0v) is 16.0. The van der Waals surface area contributed by atoms with Gasteiger partial charge in [0.15, 0.2) is 0 Å². The van der Waals surface area contributed by atoms with Crippen LogP contribution in [0.1, 0.15) is 37.7 Å². The van der Waals surface area contributed by atoms with Crippen LogP contribution in [0.15, 0.2) is 24.3 Å². The van der Waals surface area contributed by atoms with Crippen LogP contribution in [-0.2, 0) is 16.0 Å². The van der Waals surface area contributed by atoms with Gasteiger partial charge in [-0.2, -0.15) is 0 Å². The molecule has 1 aromatic carbocycles. The molecule has 0 N–H and O–H groups in total. The fourth-order valence-electron chi connectivity index (χ4n) is 3.88. The Morgan fingerprint density at radius 1 is 0.815 bits per heavy atom. The van der Waals surface area contributed by atoms with Crippen LogP contribution in [0.2, 0.25) is 0 Å². The minimum atomic E-state index is -0.234. The molecule has 0 aromatic heterocycles. The number of amides is 2. The van der Waals surface area contributed by atoms with E-state index in [2.05, 4.69) is 4.90 Å². The van der Waals surface area contributed by atoms with Gasteiger partial charge in [0.2, 0.25) is 11.8 Å². The maximum atomic E-state index is 12.9. The Hall–Kier alpha value is -1.95. The lowest BCUT2D eigenvalue weighted by Crippen LogP contribution is -2.51. The highest BCUT2D eigenvalue weighted by Crippen LogP contribution is 2.12. The summed E-state index contributed by atoms with van der Waals surface area (Å²) in [7, 11) is 0. The minimum Gasteiger partial charge on any atom is -0.339 e. The van der Waals surface area contributed by atoms with E-state index in [-0.39, 0.29) is 17.6 Å². The van der Waals surface area contributed by atoms with Crippen molar-refractivity contribution in [1.82, 2.24) is 14.7 Å².